The van der Waals surface area contributed by atoms with E-state index in [4.69, 9.17) is 5.73 Å². The quantitative estimate of drug-likeness (QED) is 0.651. The first-order valence-corrected chi connectivity index (χ1v) is 8.25. The van der Waals surface area contributed by atoms with Crippen molar-refractivity contribution in [1.82, 2.24) is 4.90 Å². The molecule has 0 aliphatic rings. The summed E-state index contributed by atoms with van der Waals surface area (Å²) in [5.41, 5.74) is 5.86. The highest BCUT2D eigenvalue weighted by Crippen LogP contribution is 2.24. The molecule has 3 nitrogen and oxygen atoms in total. The van der Waals surface area contributed by atoms with E-state index in [1.807, 2.05) is 30.3 Å². The molecule has 0 amide bonds. The van der Waals surface area contributed by atoms with Gasteiger partial charge in [-0.3, -0.25) is 0 Å². The Morgan fingerprint density at radius 3 is 2.33 bits per heavy atom. The molecule has 0 bridgehead atoms. The lowest BCUT2D eigenvalue weighted by molar-refractivity contribution is 0.0222. The maximum atomic E-state index is 10.8. The number of nitrogens with two attached hydrogens (primary N) is 1. The van der Waals surface area contributed by atoms with E-state index in [0.29, 0.717) is 12.5 Å². The first kappa shape index (κ1) is 18.1. The fourth-order valence-corrected chi connectivity index (χ4v) is 2.63. The molecule has 0 aromatic heterocycles. The van der Waals surface area contributed by atoms with E-state index < -0.39 is 5.60 Å². The maximum Gasteiger partial charge on any atom is 0.103 e. The highest BCUT2D eigenvalue weighted by atomic mass is 16.3. The zero-order valence-corrected chi connectivity index (χ0v) is 13.9. The summed E-state index contributed by atoms with van der Waals surface area (Å²) in [6, 6.07) is 10.3. The average molecular weight is 292 g/mol. The average Bonchev–Trinajstić information content (AvgIpc) is 2.51. The van der Waals surface area contributed by atoms with Gasteiger partial charge in [0.2, 0.25) is 0 Å². The van der Waals surface area contributed by atoms with Crippen LogP contribution in [0.3, 0.4) is 0 Å². The fourth-order valence-electron chi connectivity index (χ4n) is 2.63. The molecule has 0 heterocycles. The third kappa shape index (κ3) is 5.77. The van der Waals surface area contributed by atoms with Gasteiger partial charge in [0.05, 0.1) is 0 Å². The second kappa shape index (κ2) is 9.19. The van der Waals surface area contributed by atoms with Crippen molar-refractivity contribution in [3.05, 3.63) is 35.9 Å². The molecule has 0 aliphatic carbocycles. The van der Waals surface area contributed by atoms with Crippen molar-refractivity contribution in [2.75, 3.05) is 19.6 Å². The molecular weight excluding hydrogens is 260 g/mol. The van der Waals surface area contributed by atoms with Crippen LogP contribution in [-0.2, 0) is 5.60 Å². The van der Waals surface area contributed by atoms with Crippen LogP contribution < -0.4 is 5.73 Å². The SMILES string of the molecule is CCCCCN(CCC(O)(CN)c1ccccc1)C(C)C. The van der Waals surface area contributed by atoms with E-state index in [1.54, 1.807) is 0 Å². The highest BCUT2D eigenvalue weighted by molar-refractivity contribution is 5.22. The fraction of sp³-hybridized carbons (Fsp3) is 0.667. The molecule has 1 rings (SSSR count). The van der Waals surface area contributed by atoms with Crippen LogP contribution in [0, 0.1) is 0 Å². The van der Waals surface area contributed by atoms with Crippen molar-refractivity contribution in [3.8, 4) is 0 Å². The standard InChI is InChI=1S/C18H32N2O/c1-4-5-9-13-20(16(2)3)14-12-18(21,15-19)17-10-7-6-8-11-17/h6-8,10-11,16,21H,4-5,9,12-15,19H2,1-3H3. The Hall–Kier alpha value is -0.900. The summed E-state index contributed by atoms with van der Waals surface area (Å²) in [4.78, 5) is 2.44. The largest absolute Gasteiger partial charge is 0.384 e. The van der Waals surface area contributed by atoms with Crippen molar-refractivity contribution in [2.24, 2.45) is 5.73 Å². The van der Waals surface area contributed by atoms with Gasteiger partial charge in [0.15, 0.2) is 0 Å². The lowest BCUT2D eigenvalue weighted by Gasteiger charge is -2.32. The smallest absolute Gasteiger partial charge is 0.103 e. The Labute approximate surface area is 130 Å². The predicted octanol–water partition coefficient (Wildman–Crippen LogP) is 3.12. The third-order valence-electron chi connectivity index (χ3n) is 4.24. The second-order valence-electron chi connectivity index (χ2n) is 6.19. The molecule has 0 spiro atoms. The molecule has 1 aromatic carbocycles. The number of benzene rings is 1. The number of nitrogens with zero attached hydrogens (tertiary/aromatic N) is 1. The van der Waals surface area contributed by atoms with E-state index in [-0.39, 0.29) is 6.54 Å². The molecule has 120 valence electrons. The van der Waals surface area contributed by atoms with Crippen molar-refractivity contribution in [2.45, 2.75) is 58.1 Å². The Morgan fingerprint density at radius 2 is 1.81 bits per heavy atom. The topological polar surface area (TPSA) is 49.5 Å². The van der Waals surface area contributed by atoms with E-state index >= 15 is 0 Å². The van der Waals surface area contributed by atoms with Crippen LogP contribution >= 0.6 is 0 Å². The van der Waals surface area contributed by atoms with Gasteiger partial charge in [-0.15, -0.1) is 0 Å². The molecule has 1 unspecified atom stereocenters. The maximum absolute atomic E-state index is 10.8. The molecule has 1 atom stereocenters. The number of aliphatic hydroxyl groups is 1. The van der Waals surface area contributed by atoms with Crippen LogP contribution in [0.1, 0.15) is 52.0 Å². The molecule has 0 saturated carbocycles. The third-order valence-corrected chi connectivity index (χ3v) is 4.24. The summed E-state index contributed by atoms with van der Waals surface area (Å²) in [5.74, 6) is 0. The first-order valence-electron chi connectivity index (χ1n) is 8.25. The Bertz CT molecular complexity index is 380. The van der Waals surface area contributed by atoms with Crippen LogP contribution in [0.5, 0.6) is 0 Å². The molecule has 0 fully saturated rings. The summed E-state index contributed by atoms with van der Waals surface area (Å²) in [6.45, 7) is 8.90. The number of rotatable bonds is 10. The molecule has 0 saturated heterocycles. The van der Waals surface area contributed by atoms with Crippen molar-refractivity contribution >= 4 is 0 Å². The minimum atomic E-state index is -0.918. The number of hydrogen-bond acceptors (Lipinski definition) is 3. The summed E-state index contributed by atoms with van der Waals surface area (Å²) < 4.78 is 0. The van der Waals surface area contributed by atoms with Gasteiger partial charge in [-0.2, -0.15) is 0 Å². The summed E-state index contributed by atoms with van der Waals surface area (Å²) in [6.07, 6.45) is 4.41. The Morgan fingerprint density at radius 1 is 1.14 bits per heavy atom. The lowest BCUT2D eigenvalue weighted by Crippen LogP contribution is -2.41. The van der Waals surface area contributed by atoms with Crippen molar-refractivity contribution in [3.63, 3.8) is 0 Å². The van der Waals surface area contributed by atoms with Crippen LogP contribution in [0.15, 0.2) is 30.3 Å². The molecule has 3 heteroatoms. The highest BCUT2D eigenvalue weighted by Gasteiger charge is 2.28. The van der Waals surface area contributed by atoms with Gasteiger partial charge >= 0.3 is 0 Å². The van der Waals surface area contributed by atoms with E-state index in [9.17, 15) is 5.11 Å². The zero-order valence-electron chi connectivity index (χ0n) is 13.9. The minimum absolute atomic E-state index is 0.262. The van der Waals surface area contributed by atoms with Gasteiger partial charge in [0.1, 0.15) is 5.60 Å². The molecular formula is C18H32N2O. The van der Waals surface area contributed by atoms with Crippen LogP contribution in [-0.4, -0.2) is 35.7 Å². The van der Waals surface area contributed by atoms with Crippen LogP contribution in [0.2, 0.25) is 0 Å². The van der Waals surface area contributed by atoms with Crippen LogP contribution in [0.4, 0.5) is 0 Å². The molecule has 3 N–H and O–H groups in total. The van der Waals surface area contributed by atoms with E-state index in [2.05, 4.69) is 25.7 Å². The predicted molar refractivity (Wildman–Crippen MR) is 90.2 cm³/mol. The Kier molecular flexibility index (Phi) is 7.94. The minimum Gasteiger partial charge on any atom is -0.384 e. The van der Waals surface area contributed by atoms with Gasteiger partial charge in [-0.25, -0.2) is 0 Å². The van der Waals surface area contributed by atoms with E-state index in [1.165, 1.54) is 19.3 Å². The monoisotopic (exact) mass is 292 g/mol. The van der Waals surface area contributed by atoms with Gasteiger partial charge < -0.3 is 15.7 Å². The van der Waals surface area contributed by atoms with Crippen molar-refractivity contribution < 1.29 is 5.11 Å². The normalized spacial score (nSPS) is 14.6. The summed E-state index contributed by atoms with van der Waals surface area (Å²) in [7, 11) is 0. The molecule has 0 aliphatic heterocycles. The lowest BCUT2D eigenvalue weighted by atomic mass is 9.90. The van der Waals surface area contributed by atoms with Gasteiger partial charge in [-0.05, 0) is 38.8 Å². The number of hydrogen-bond donors (Lipinski definition) is 2. The summed E-state index contributed by atoms with van der Waals surface area (Å²) >= 11 is 0. The van der Waals surface area contributed by atoms with Gasteiger partial charge in [0.25, 0.3) is 0 Å². The first-order chi connectivity index (χ1) is 10.0. The molecule has 0 radical (unpaired) electrons. The van der Waals surface area contributed by atoms with Gasteiger partial charge in [-0.1, -0.05) is 50.1 Å². The summed E-state index contributed by atoms with van der Waals surface area (Å²) in [5, 5.41) is 10.8. The van der Waals surface area contributed by atoms with E-state index in [0.717, 1.165) is 18.7 Å². The number of unbranched alkanes of at least 4 members (excludes halogenated alkanes) is 2. The van der Waals surface area contributed by atoms with Gasteiger partial charge in [0, 0.05) is 19.1 Å². The second-order valence-corrected chi connectivity index (χ2v) is 6.19. The molecule has 1 aromatic rings. The van der Waals surface area contributed by atoms with Crippen LogP contribution in [0.25, 0.3) is 0 Å². The zero-order chi connectivity index (χ0) is 15.7. The van der Waals surface area contributed by atoms with Crippen molar-refractivity contribution in [1.29, 1.82) is 0 Å². The Balaban J connectivity index is 2.63. The molecule has 21 heavy (non-hydrogen) atoms.